The molecule has 0 aromatic heterocycles. The van der Waals surface area contributed by atoms with Gasteiger partial charge in [0.05, 0.1) is 0 Å². The fourth-order valence-corrected chi connectivity index (χ4v) is 3.42. The smallest absolute Gasteiger partial charge is 0.0107 e. The third kappa shape index (κ3) is 4.52. The Morgan fingerprint density at radius 2 is 1.83 bits per heavy atom. The van der Waals surface area contributed by atoms with E-state index >= 15 is 0 Å². The van der Waals surface area contributed by atoms with Crippen molar-refractivity contribution in [3.8, 4) is 0 Å². The highest BCUT2D eigenvalue weighted by Crippen LogP contribution is 2.21. The van der Waals surface area contributed by atoms with Crippen molar-refractivity contribution < 1.29 is 0 Å². The second kappa shape index (κ2) is 7.46. The Morgan fingerprint density at radius 3 is 2.61 bits per heavy atom. The molecule has 2 fully saturated rings. The summed E-state index contributed by atoms with van der Waals surface area (Å²) in [4.78, 5) is 5.04. The number of hydrogen-bond donors (Lipinski definition) is 1. The topological polar surface area (TPSA) is 18.5 Å². The van der Waals surface area contributed by atoms with Crippen molar-refractivity contribution in [1.82, 2.24) is 15.1 Å². The van der Waals surface area contributed by atoms with Gasteiger partial charge in [-0.25, -0.2) is 0 Å². The first-order chi connectivity index (χ1) is 8.75. The molecule has 106 valence electrons. The monoisotopic (exact) mass is 253 g/mol. The first-order valence-corrected chi connectivity index (χ1v) is 7.88. The highest BCUT2D eigenvalue weighted by atomic mass is 15.1. The van der Waals surface area contributed by atoms with Crippen molar-refractivity contribution in [2.75, 3.05) is 40.3 Å². The summed E-state index contributed by atoms with van der Waals surface area (Å²) in [5, 5.41) is 3.77. The zero-order valence-electron chi connectivity index (χ0n) is 12.3. The Hall–Kier alpha value is -0.120. The molecule has 1 atom stereocenters. The summed E-state index contributed by atoms with van der Waals surface area (Å²) in [5.41, 5.74) is 0. The summed E-state index contributed by atoms with van der Waals surface area (Å²) in [7, 11) is 4.55. The van der Waals surface area contributed by atoms with Gasteiger partial charge in [-0.3, -0.25) is 0 Å². The quantitative estimate of drug-likeness (QED) is 0.808. The lowest BCUT2D eigenvalue weighted by molar-refractivity contribution is 0.240. The molecule has 3 heteroatoms. The van der Waals surface area contributed by atoms with Crippen LogP contribution in [-0.2, 0) is 0 Å². The minimum Gasteiger partial charge on any atom is -0.313 e. The molecule has 1 saturated carbocycles. The van der Waals surface area contributed by atoms with Crippen LogP contribution in [0.1, 0.15) is 44.9 Å². The molecule has 18 heavy (non-hydrogen) atoms. The van der Waals surface area contributed by atoms with Crippen LogP contribution in [0, 0.1) is 0 Å². The molecule has 0 spiro atoms. The van der Waals surface area contributed by atoms with Gasteiger partial charge in [0.1, 0.15) is 0 Å². The van der Waals surface area contributed by atoms with Gasteiger partial charge in [-0.05, 0) is 59.3 Å². The minimum absolute atomic E-state index is 0.756. The van der Waals surface area contributed by atoms with E-state index in [4.69, 9.17) is 0 Å². The van der Waals surface area contributed by atoms with Crippen LogP contribution in [0.25, 0.3) is 0 Å². The second-order valence-corrected chi connectivity index (χ2v) is 6.30. The molecule has 1 aliphatic carbocycles. The van der Waals surface area contributed by atoms with E-state index in [1.165, 1.54) is 71.1 Å². The molecule has 2 aliphatic rings. The van der Waals surface area contributed by atoms with E-state index in [-0.39, 0.29) is 0 Å². The lowest BCUT2D eigenvalue weighted by Gasteiger charge is -2.25. The number of rotatable bonds is 5. The summed E-state index contributed by atoms with van der Waals surface area (Å²) < 4.78 is 0. The second-order valence-electron chi connectivity index (χ2n) is 6.30. The van der Waals surface area contributed by atoms with E-state index < -0.39 is 0 Å². The van der Waals surface area contributed by atoms with Crippen LogP contribution >= 0.6 is 0 Å². The van der Waals surface area contributed by atoms with Gasteiger partial charge in [-0.15, -0.1) is 0 Å². The van der Waals surface area contributed by atoms with Gasteiger partial charge in [0.15, 0.2) is 0 Å². The van der Waals surface area contributed by atoms with Crippen molar-refractivity contribution in [1.29, 1.82) is 0 Å². The van der Waals surface area contributed by atoms with Crippen molar-refractivity contribution in [2.24, 2.45) is 0 Å². The van der Waals surface area contributed by atoms with Gasteiger partial charge in [-0.1, -0.05) is 12.8 Å². The van der Waals surface area contributed by atoms with E-state index in [2.05, 4.69) is 29.2 Å². The van der Waals surface area contributed by atoms with Crippen molar-refractivity contribution in [3.63, 3.8) is 0 Å². The zero-order chi connectivity index (χ0) is 12.8. The average molecular weight is 253 g/mol. The lowest BCUT2D eigenvalue weighted by atomic mass is 10.1. The molecule has 2 rings (SSSR count). The average Bonchev–Trinajstić information content (AvgIpc) is 2.81. The third-order valence-electron chi connectivity index (χ3n) is 4.80. The summed E-state index contributed by atoms with van der Waals surface area (Å²) in [6.07, 6.45) is 9.76. The number of nitrogens with one attached hydrogen (secondary N) is 1. The Labute approximate surface area is 113 Å². The molecule has 1 saturated heterocycles. The van der Waals surface area contributed by atoms with Gasteiger partial charge < -0.3 is 15.1 Å². The fraction of sp³-hybridized carbons (Fsp3) is 1.00. The van der Waals surface area contributed by atoms with Gasteiger partial charge in [0.2, 0.25) is 0 Å². The van der Waals surface area contributed by atoms with Crippen LogP contribution in [0.15, 0.2) is 0 Å². The molecular weight excluding hydrogens is 222 g/mol. The van der Waals surface area contributed by atoms with Crippen molar-refractivity contribution in [2.45, 2.75) is 57.0 Å². The van der Waals surface area contributed by atoms with Crippen molar-refractivity contribution >= 4 is 0 Å². The van der Waals surface area contributed by atoms with Crippen LogP contribution < -0.4 is 5.32 Å². The zero-order valence-corrected chi connectivity index (χ0v) is 12.3. The van der Waals surface area contributed by atoms with Crippen molar-refractivity contribution in [3.05, 3.63) is 0 Å². The van der Waals surface area contributed by atoms with Crippen LogP contribution in [0.2, 0.25) is 0 Å². The molecule has 1 N–H and O–H groups in total. The van der Waals surface area contributed by atoms with Crippen LogP contribution in [0.5, 0.6) is 0 Å². The van der Waals surface area contributed by atoms with Crippen LogP contribution in [-0.4, -0.2) is 62.2 Å². The molecule has 0 aromatic carbocycles. The standard InChI is InChI=1S/C15H31N3/c1-17-11-5-6-14(9-12-17)16-10-13-18(2)15-7-3-4-8-15/h14-16H,3-13H2,1-2H3. The molecule has 1 aliphatic heterocycles. The van der Waals surface area contributed by atoms with E-state index in [0.717, 1.165) is 12.1 Å². The predicted molar refractivity (Wildman–Crippen MR) is 78.0 cm³/mol. The Bertz CT molecular complexity index is 226. The maximum atomic E-state index is 3.77. The molecule has 1 heterocycles. The SMILES string of the molecule is CN1CCCC(NCCN(C)C2CCCC2)CC1. The fourth-order valence-electron chi connectivity index (χ4n) is 3.42. The summed E-state index contributed by atoms with van der Waals surface area (Å²) >= 11 is 0. The third-order valence-corrected chi connectivity index (χ3v) is 4.80. The first-order valence-electron chi connectivity index (χ1n) is 7.88. The molecular formula is C15H31N3. The number of likely N-dealkylation sites (tertiary alicyclic amines) is 1. The summed E-state index contributed by atoms with van der Waals surface area (Å²) in [6.45, 7) is 4.93. The molecule has 0 amide bonds. The van der Waals surface area contributed by atoms with Crippen LogP contribution in [0.3, 0.4) is 0 Å². The van der Waals surface area contributed by atoms with E-state index in [0.29, 0.717) is 0 Å². The molecule has 0 radical (unpaired) electrons. The van der Waals surface area contributed by atoms with Gasteiger partial charge in [-0.2, -0.15) is 0 Å². The summed E-state index contributed by atoms with van der Waals surface area (Å²) in [6, 6.07) is 1.62. The minimum atomic E-state index is 0.756. The van der Waals surface area contributed by atoms with E-state index in [9.17, 15) is 0 Å². The normalized spacial score (nSPS) is 27.8. The highest BCUT2D eigenvalue weighted by molar-refractivity contribution is 4.77. The Kier molecular flexibility index (Phi) is 5.93. The molecule has 1 unspecified atom stereocenters. The van der Waals surface area contributed by atoms with E-state index in [1.54, 1.807) is 0 Å². The lowest BCUT2D eigenvalue weighted by Crippen LogP contribution is -2.39. The number of likely N-dealkylation sites (N-methyl/N-ethyl adjacent to an activating group) is 1. The molecule has 3 nitrogen and oxygen atoms in total. The number of nitrogens with zero attached hydrogens (tertiary/aromatic N) is 2. The summed E-state index contributed by atoms with van der Waals surface area (Å²) in [5.74, 6) is 0. The van der Waals surface area contributed by atoms with Gasteiger partial charge >= 0.3 is 0 Å². The highest BCUT2D eigenvalue weighted by Gasteiger charge is 2.19. The maximum absolute atomic E-state index is 3.77. The van der Waals surface area contributed by atoms with Gasteiger partial charge in [0, 0.05) is 25.2 Å². The maximum Gasteiger partial charge on any atom is 0.0107 e. The molecule has 0 bridgehead atoms. The number of hydrogen-bond acceptors (Lipinski definition) is 3. The van der Waals surface area contributed by atoms with Crippen LogP contribution in [0.4, 0.5) is 0 Å². The van der Waals surface area contributed by atoms with Gasteiger partial charge in [0.25, 0.3) is 0 Å². The van der Waals surface area contributed by atoms with E-state index in [1.807, 2.05) is 0 Å². The first kappa shape index (κ1) is 14.3. The predicted octanol–water partition coefficient (Wildman–Crippen LogP) is 1.93. The largest absolute Gasteiger partial charge is 0.313 e. The Balaban J connectivity index is 1.59. The molecule has 0 aromatic rings. The Morgan fingerprint density at radius 1 is 1.06 bits per heavy atom.